The zero-order valence-corrected chi connectivity index (χ0v) is 24.3. The van der Waals surface area contributed by atoms with Gasteiger partial charge in [-0.25, -0.2) is 9.37 Å². The van der Waals surface area contributed by atoms with Crippen LogP contribution in [0.25, 0.3) is 0 Å². The van der Waals surface area contributed by atoms with Gasteiger partial charge in [0.05, 0.1) is 5.56 Å². The summed E-state index contributed by atoms with van der Waals surface area (Å²) in [5.41, 5.74) is 6.07. The summed E-state index contributed by atoms with van der Waals surface area (Å²) in [5, 5.41) is -0.302. The highest BCUT2D eigenvalue weighted by atomic mass is 32.2. The van der Waals surface area contributed by atoms with Gasteiger partial charge in [-0.3, -0.25) is 19.1 Å². The average Bonchev–Trinajstić information content (AvgIpc) is 2.95. The lowest BCUT2D eigenvalue weighted by Gasteiger charge is -2.40. The molecule has 1 aliphatic heterocycles. The molecular weight excluding hydrogens is 561 g/mol. The number of cyclic esters (lactones) is 1. The maximum absolute atomic E-state index is 13.6. The number of aromatic nitrogens is 1. The fraction of sp³-hybridized carbons (Fsp3) is 0.355. The maximum Gasteiger partial charge on any atom is 0.317 e. The number of Topliss-reactive ketones (excluding diaryl/α,β-unsaturated/α-hetero) is 1. The van der Waals surface area contributed by atoms with Crippen LogP contribution in [0.2, 0.25) is 0 Å². The third-order valence-corrected chi connectivity index (χ3v) is 8.90. The molecular formula is C31H34FN3O6S. The summed E-state index contributed by atoms with van der Waals surface area (Å²) in [6, 6.07) is 15.1. The quantitative estimate of drug-likeness (QED) is 0.223. The molecule has 3 aromatic rings. The number of pyridine rings is 1. The van der Waals surface area contributed by atoms with Gasteiger partial charge in [0, 0.05) is 24.2 Å². The van der Waals surface area contributed by atoms with Crippen LogP contribution < -0.4 is 10.5 Å². The van der Waals surface area contributed by atoms with E-state index in [1.54, 1.807) is 36.4 Å². The van der Waals surface area contributed by atoms with Gasteiger partial charge >= 0.3 is 5.97 Å². The van der Waals surface area contributed by atoms with E-state index in [1.807, 2.05) is 13.8 Å². The molecule has 222 valence electrons. The number of esters is 1. The highest BCUT2D eigenvalue weighted by Gasteiger charge is 2.48. The molecule has 0 bridgehead atoms. The predicted molar refractivity (Wildman–Crippen MR) is 155 cm³/mol. The molecule has 2 aromatic carbocycles. The fourth-order valence-corrected chi connectivity index (χ4v) is 6.51. The van der Waals surface area contributed by atoms with Crippen LogP contribution in [0, 0.1) is 11.7 Å². The highest BCUT2D eigenvalue weighted by molar-refractivity contribution is 7.92. The van der Waals surface area contributed by atoms with E-state index in [0.29, 0.717) is 37.7 Å². The van der Waals surface area contributed by atoms with E-state index in [-0.39, 0.29) is 34.3 Å². The number of benzene rings is 2. The minimum absolute atomic E-state index is 0.0733. The van der Waals surface area contributed by atoms with E-state index < -0.39 is 39.3 Å². The van der Waals surface area contributed by atoms with Gasteiger partial charge in [-0.1, -0.05) is 44.5 Å². The van der Waals surface area contributed by atoms with Gasteiger partial charge in [0.2, 0.25) is 5.91 Å². The number of anilines is 1. The topological polar surface area (TPSA) is 146 Å². The summed E-state index contributed by atoms with van der Waals surface area (Å²) < 4.78 is 47.7. The molecule has 4 rings (SSSR count). The van der Waals surface area contributed by atoms with E-state index in [4.69, 9.17) is 10.5 Å². The molecule has 2 heterocycles. The summed E-state index contributed by atoms with van der Waals surface area (Å²) in [7, 11) is -4.10. The number of carbonyl (C=O) groups excluding carboxylic acids is 3. The molecule has 11 heteroatoms. The Kier molecular flexibility index (Phi) is 9.40. The lowest BCUT2D eigenvalue weighted by atomic mass is 9.74. The van der Waals surface area contributed by atoms with Crippen molar-refractivity contribution in [3.63, 3.8) is 0 Å². The molecule has 3 atom stereocenters. The van der Waals surface area contributed by atoms with Crippen LogP contribution in [0.4, 0.5) is 10.1 Å². The van der Waals surface area contributed by atoms with Crippen molar-refractivity contribution in [3.05, 3.63) is 89.4 Å². The second-order valence-electron chi connectivity index (χ2n) is 10.6. The fourth-order valence-electron chi connectivity index (χ4n) is 5.53. The number of rotatable bonds is 12. The summed E-state index contributed by atoms with van der Waals surface area (Å²) >= 11 is 0. The van der Waals surface area contributed by atoms with Gasteiger partial charge < -0.3 is 10.5 Å². The first kappa shape index (κ1) is 30.8. The lowest BCUT2D eigenvalue weighted by molar-refractivity contribution is -0.180. The summed E-state index contributed by atoms with van der Waals surface area (Å²) in [6.45, 7) is 3.82. The highest BCUT2D eigenvalue weighted by Crippen LogP contribution is 2.41. The Morgan fingerprint density at radius 3 is 2.45 bits per heavy atom. The first-order valence-corrected chi connectivity index (χ1v) is 15.3. The minimum Gasteiger partial charge on any atom is -0.458 e. The monoisotopic (exact) mass is 595 g/mol. The van der Waals surface area contributed by atoms with Crippen molar-refractivity contribution in [2.24, 2.45) is 11.7 Å². The van der Waals surface area contributed by atoms with Crippen LogP contribution in [0.5, 0.6) is 0 Å². The number of ketones is 1. The van der Waals surface area contributed by atoms with Gasteiger partial charge in [-0.2, -0.15) is 8.42 Å². The van der Waals surface area contributed by atoms with Gasteiger partial charge in [-0.15, -0.1) is 0 Å². The normalized spacial score (nSPS) is 19.6. The lowest BCUT2D eigenvalue weighted by Crippen LogP contribution is -2.49. The van der Waals surface area contributed by atoms with Crippen LogP contribution in [0.15, 0.2) is 71.9 Å². The van der Waals surface area contributed by atoms with Crippen molar-refractivity contribution in [3.8, 4) is 0 Å². The Labute approximate surface area is 244 Å². The Balaban J connectivity index is 1.52. The molecule has 1 amide bonds. The molecule has 1 aliphatic rings. The number of primary amides is 1. The third kappa shape index (κ3) is 7.02. The van der Waals surface area contributed by atoms with E-state index in [1.165, 1.54) is 24.3 Å². The van der Waals surface area contributed by atoms with Crippen LogP contribution in [-0.2, 0) is 30.8 Å². The zero-order valence-electron chi connectivity index (χ0n) is 23.5. The third-order valence-electron chi connectivity index (χ3n) is 7.61. The average molecular weight is 596 g/mol. The molecule has 0 aliphatic carbocycles. The van der Waals surface area contributed by atoms with Gasteiger partial charge in [0.1, 0.15) is 17.3 Å². The van der Waals surface area contributed by atoms with Crippen molar-refractivity contribution < 1.29 is 31.9 Å². The van der Waals surface area contributed by atoms with E-state index in [0.717, 1.165) is 11.8 Å². The van der Waals surface area contributed by atoms with Crippen molar-refractivity contribution in [2.75, 3.05) is 4.72 Å². The molecule has 1 saturated heterocycles. The first-order chi connectivity index (χ1) is 20.0. The number of hydrogen-bond acceptors (Lipinski definition) is 7. The number of carbonyl (C=O) groups is 3. The van der Waals surface area contributed by atoms with Crippen LogP contribution in [0.3, 0.4) is 0 Å². The number of aryl methyl sites for hydroxylation is 1. The maximum atomic E-state index is 13.6. The molecule has 0 saturated carbocycles. The molecule has 42 heavy (non-hydrogen) atoms. The Morgan fingerprint density at radius 2 is 1.86 bits per heavy atom. The number of halogens is 1. The van der Waals surface area contributed by atoms with Crippen molar-refractivity contribution in [2.45, 2.75) is 68.9 Å². The molecule has 0 radical (unpaired) electrons. The SMILES string of the molecule is CCCC1(CCc2ccc(F)cc2)CC(=O)C(C(CC)c2cccc(NS(=O)(=O)c3ccc(C(N)=O)cn3)c2)C(=O)O1. The van der Waals surface area contributed by atoms with E-state index in [9.17, 15) is 27.2 Å². The van der Waals surface area contributed by atoms with Crippen LogP contribution in [-0.4, -0.2) is 36.7 Å². The van der Waals surface area contributed by atoms with Crippen molar-refractivity contribution >= 4 is 33.4 Å². The Bertz CT molecular complexity index is 1540. The number of amides is 1. The largest absolute Gasteiger partial charge is 0.458 e. The standard InChI is InChI=1S/C31H34FN3O6S/c1-3-15-31(16-14-20-8-11-23(32)12-9-20)18-26(36)28(30(38)41-31)25(4-2)21-6-5-7-24(17-21)35-42(39,40)27-13-10-22(19-34-27)29(33)37/h5-13,17,19,25,28,35H,3-4,14-16,18H2,1-2H3,(H2,33,37). The number of nitrogens with one attached hydrogen (secondary N) is 1. The Morgan fingerprint density at radius 1 is 1.12 bits per heavy atom. The molecule has 1 fully saturated rings. The zero-order chi connectivity index (χ0) is 30.5. The van der Waals surface area contributed by atoms with E-state index >= 15 is 0 Å². The predicted octanol–water partition coefficient (Wildman–Crippen LogP) is 4.92. The van der Waals surface area contributed by atoms with Gasteiger partial charge in [-0.05, 0) is 73.2 Å². The van der Waals surface area contributed by atoms with Crippen molar-refractivity contribution in [1.82, 2.24) is 4.98 Å². The number of nitrogens with zero attached hydrogens (tertiary/aromatic N) is 1. The smallest absolute Gasteiger partial charge is 0.317 e. The number of hydrogen-bond donors (Lipinski definition) is 2. The summed E-state index contributed by atoms with van der Waals surface area (Å²) in [6.07, 6.45) is 3.82. The molecule has 0 spiro atoms. The number of ether oxygens (including phenoxy) is 1. The molecule has 9 nitrogen and oxygen atoms in total. The van der Waals surface area contributed by atoms with E-state index in [2.05, 4.69) is 9.71 Å². The summed E-state index contributed by atoms with van der Waals surface area (Å²) in [4.78, 5) is 42.2. The Hall–Kier alpha value is -4.12. The number of sulfonamides is 1. The second kappa shape index (κ2) is 12.8. The van der Waals surface area contributed by atoms with Crippen molar-refractivity contribution in [1.29, 1.82) is 0 Å². The molecule has 3 N–H and O–H groups in total. The first-order valence-electron chi connectivity index (χ1n) is 13.9. The number of nitrogens with two attached hydrogens (primary N) is 1. The van der Waals surface area contributed by atoms with Crippen LogP contribution in [0.1, 0.15) is 73.4 Å². The summed E-state index contributed by atoms with van der Waals surface area (Å²) in [5.74, 6) is -3.42. The van der Waals surface area contributed by atoms with Gasteiger partial charge in [0.25, 0.3) is 10.0 Å². The molecule has 3 unspecified atom stereocenters. The minimum atomic E-state index is -4.10. The second-order valence-corrected chi connectivity index (χ2v) is 12.2. The van der Waals surface area contributed by atoms with Gasteiger partial charge in [0.15, 0.2) is 10.8 Å². The molecule has 1 aromatic heterocycles. The van der Waals surface area contributed by atoms with Crippen LogP contribution >= 0.6 is 0 Å².